The fourth-order valence-electron chi connectivity index (χ4n) is 3.52. The molecule has 21 heavy (non-hydrogen) atoms. The summed E-state index contributed by atoms with van der Waals surface area (Å²) in [4.78, 5) is 5.13. The van der Waals surface area contributed by atoms with Gasteiger partial charge in [-0.05, 0) is 55.9 Å². The molecule has 3 rings (SSSR count). The van der Waals surface area contributed by atoms with Crippen molar-refractivity contribution in [2.45, 2.75) is 30.7 Å². The van der Waals surface area contributed by atoms with Crippen molar-refractivity contribution in [2.75, 3.05) is 32.4 Å². The summed E-state index contributed by atoms with van der Waals surface area (Å²) >= 11 is 5.52. The normalized spacial score (nSPS) is 27.6. The molecule has 2 atom stereocenters. The summed E-state index contributed by atoms with van der Waals surface area (Å²) in [6.45, 7) is 5.54. The monoisotopic (exact) mass is 372 g/mol. The second-order valence-electron chi connectivity index (χ2n) is 6.01. The lowest BCUT2D eigenvalue weighted by Crippen LogP contribution is -2.40. The van der Waals surface area contributed by atoms with E-state index >= 15 is 0 Å². The first-order valence-electron chi connectivity index (χ1n) is 7.60. The minimum atomic E-state index is -0.148. The summed E-state index contributed by atoms with van der Waals surface area (Å²) in [5.74, 6) is -0.148. The van der Waals surface area contributed by atoms with Gasteiger partial charge in [-0.1, -0.05) is 15.9 Å². The lowest BCUT2D eigenvalue weighted by atomic mass is 10.2. The molecule has 0 N–H and O–H groups in total. The summed E-state index contributed by atoms with van der Waals surface area (Å²) < 4.78 is 14.4. The molecule has 0 unspecified atom stereocenters. The molecule has 2 nitrogen and oxygen atoms in total. The average Bonchev–Trinajstić information content (AvgIpc) is 3.11. The van der Waals surface area contributed by atoms with E-state index in [2.05, 4.69) is 32.0 Å². The first-order chi connectivity index (χ1) is 10.2. The van der Waals surface area contributed by atoms with Gasteiger partial charge >= 0.3 is 0 Å². The van der Waals surface area contributed by atoms with Crippen LogP contribution in [-0.4, -0.2) is 53.5 Å². The van der Waals surface area contributed by atoms with E-state index in [1.165, 1.54) is 32.0 Å². The van der Waals surface area contributed by atoms with Crippen molar-refractivity contribution < 1.29 is 4.39 Å². The molecule has 0 saturated carbocycles. The Balaban J connectivity index is 1.68. The van der Waals surface area contributed by atoms with E-state index in [0.29, 0.717) is 11.3 Å². The standard InChI is InChI=1S/C16H22BrFN2S/c1-21-16-11-19(10-15(16)20-6-2-3-7-20)9-12-8-13(18)4-5-14(12)17/h4-5,8,15-16H,2-3,6-7,9-11H2,1H3/t15-,16+/m0/s1. The lowest BCUT2D eigenvalue weighted by Gasteiger charge is -2.27. The highest BCUT2D eigenvalue weighted by Gasteiger charge is 2.37. The molecule has 2 aliphatic rings. The van der Waals surface area contributed by atoms with E-state index in [4.69, 9.17) is 0 Å². The average molecular weight is 373 g/mol. The Bertz CT molecular complexity index is 493. The van der Waals surface area contributed by atoms with Crippen LogP contribution in [0.3, 0.4) is 0 Å². The van der Waals surface area contributed by atoms with Crippen LogP contribution in [0.1, 0.15) is 18.4 Å². The maximum Gasteiger partial charge on any atom is 0.123 e. The number of nitrogens with zero attached hydrogens (tertiary/aromatic N) is 2. The van der Waals surface area contributed by atoms with Crippen molar-refractivity contribution >= 4 is 27.7 Å². The lowest BCUT2D eigenvalue weighted by molar-refractivity contribution is 0.231. The third kappa shape index (κ3) is 3.63. The molecule has 2 aliphatic heterocycles. The fraction of sp³-hybridized carbons (Fsp3) is 0.625. The van der Waals surface area contributed by atoms with Gasteiger partial charge in [0.05, 0.1) is 0 Å². The summed E-state index contributed by atoms with van der Waals surface area (Å²) in [7, 11) is 0. The van der Waals surface area contributed by atoms with Gasteiger partial charge in [0.2, 0.25) is 0 Å². The van der Waals surface area contributed by atoms with Crippen molar-refractivity contribution in [3.8, 4) is 0 Å². The van der Waals surface area contributed by atoms with Crippen LogP contribution in [0, 0.1) is 5.82 Å². The van der Waals surface area contributed by atoms with Crippen molar-refractivity contribution in [3.05, 3.63) is 34.1 Å². The fourth-order valence-corrected chi connectivity index (χ4v) is 4.83. The molecule has 0 amide bonds. The quantitative estimate of drug-likeness (QED) is 0.796. The van der Waals surface area contributed by atoms with Gasteiger partial charge in [-0.3, -0.25) is 9.80 Å². The maximum absolute atomic E-state index is 13.4. The highest BCUT2D eigenvalue weighted by Crippen LogP contribution is 2.30. The van der Waals surface area contributed by atoms with Gasteiger partial charge in [-0.15, -0.1) is 0 Å². The minimum absolute atomic E-state index is 0.148. The summed E-state index contributed by atoms with van der Waals surface area (Å²) in [6.07, 6.45) is 4.90. The van der Waals surface area contributed by atoms with Crippen LogP contribution < -0.4 is 0 Å². The number of rotatable bonds is 4. The topological polar surface area (TPSA) is 6.48 Å². The molecular formula is C16H22BrFN2S. The van der Waals surface area contributed by atoms with Crippen LogP contribution in [0.25, 0.3) is 0 Å². The number of likely N-dealkylation sites (tertiary alicyclic amines) is 2. The molecule has 2 saturated heterocycles. The number of hydrogen-bond donors (Lipinski definition) is 0. The Kier molecular flexibility index (Phi) is 5.25. The third-order valence-electron chi connectivity index (χ3n) is 4.63. The van der Waals surface area contributed by atoms with Crippen molar-refractivity contribution in [2.24, 2.45) is 0 Å². The van der Waals surface area contributed by atoms with Crippen LogP contribution in [-0.2, 0) is 6.54 Å². The van der Waals surface area contributed by atoms with Gasteiger partial charge in [0.1, 0.15) is 5.82 Å². The van der Waals surface area contributed by atoms with Crippen LogP contribution in [0.5, 0.6) is 0 Å². The molecule has 1 aromatic carbocycles. The molecule has 2 fully saturated rings. The molecule has 0 aromatic heterocycles. The summed E-state index contributed by atoms with van der Waals surface area (Å²) in [5.41, 5.74) is 1.05. The van der Waals surface area contributed by atoms with Gasteiger partial charge < -0.3 is 0 Å². The molecule has 0 aliphatic carbocycles. The van der Waals surface area contributed by atoms with E-state index in [0.717, 1.165) is 29.7 Å². The van der Waals surface area contributed by atoms with Crippen LogP contribution in [0.15, 0.2) is 22.7 Å². The first kappa shape index (κ1) is 15.8. The third-order valence-corrected chi connectivity index (χ3v) is 6.47. The van der Waals surface area contributed by atoms with E-state index in [-0.39, 0.29) is 5.82 Å². The first-order valence-corrected chi connectivity index (χ1v) is 9.68. The number of hydrogen-bond acceptors (Lipinski definition) is 3. The zero-order chi connectivity index (χ0) is 14.8. The predicted molar refractivity (Wildman–Crippen MR) is 91.3 cm³/mol. The van der Waals surface area contributed by atoms with Crippen molar-refractivity contribution in [1.29, 1.82) is 0 Å². The Hall–Kier alpha value is -0.100. The van der Waals surface area contributed by atoms with E-state index < -0.39 is 0 Å². The zero-order valence-corrected chi connectivity index (χ0v) is 14.8. The number of benzene rings is 1. The zero-order valence-electron chi connectivity index (χ0n) is 12.4. The van der Waals surface area contributed by atoms with E-state index in [9.17, 15) is 4.39 Å². The summed E-state index contributed by atoms with van der Waals surface area (Å²) in [6, 6.07) is 5.64. The largest absolute Gasteiger partial charge is 0.298 e. The maximum atomic E-state index is 13.4. The van der Waals surface area contributed by atoms with Crippen LogP contribution in [0.4, 0.5) is 4.39 Å². The van der Waals surface area contributed by atoms with Gasteiger partial charge in [0.15, 0.2) is 0 Å². The second-order valence-corrected chi connectivity index (χ2v) is 7.95. The second kappa shape index (κ2) is 6.99. The Morgan fingerprint density at radius 3 is 2.76 bits per heavy atom. The highest BCUT2D eigenvalue weighted by molar-refractivity contribution is 9.10. The van der Waals surface area contributed by atoms with Crippen LogP contribution >= 0.6 is 27.7 Å². The minimum Gasteiger partial charge on any atom is -0.298 e. The SMILES string of the molecule is CS[C@@H]1CN(Cc2cc(F)ccc2Br)C[C@@H]1N1CCCC1. The molecule has 1 aromatic rings. The van der Waals surface area contributed by atoms with Crippen LogP contribution in [0.2, 0.25) is 0 Å². The molecule has 2 heterocycles. The van der Waals surface area contributed by atoms with Gasteiger partial charge in [-0.2, -0.15) is 11.8 Å². The predicted octanol–water partition coefficient (Wildman–Crippen LogP) is 3.60. The number of halogens is 2. The Morgan fingerprint density at radius 1 is 1.29 bits per heavy atom. The summed E-state index contributed by atoms with van der Waals surface area (Å²) in [5, 5.41) is 0.676. The molecule has 0 spiro atoms. The molecule has 5 heteroatoms. The van der Waals surface area contributed by atoms with Crippen molar-refractivity contribution in [1.82, 2.24) is 9.80 Å². The molecule has 116 valence electrons. The molecular weight excluding hydrogens is 351 g/mol. The van der Waals surface area contributed by atoms with Crippen molar-refractivity contribution in [3.63, 3.8) is 0 Å². The van der Waals surface area contributed by atoms with E-state index in [1.807, 2.05) is 17.8 Å². The highest BCUT2D eigenvalue weighted by atomic mass is 79.9. The molecule has 0 radical (unpaired) electrons. The smallest absolute Gasteiger partial charge is 0.123 e. The number of thioether (sulfide) groups is 1. The van der Waals surface area contributed by atoms with Gasteiger partial charge in [-0.25, -0.2) is 4.39 Å². The van der Waals surface area contributed by atoms with Gasteiger partial charge in [0.25, 0.3) is 0 Å². The Labute approximate surface area is 139 Å². The van der Waals surface area contributed by atoms with Gasteiger partial charge in [0, 0.05) is 35.4 Å². The Morgan fingerprint density at radius 2 is 2.05 bits per heavy atom. The molecule has 0 bridgehead atoms. The van der Waals surface area contributed by atoms with E-state index in [1.54, 1.807) is 6.07 Å².